The molecule has 0 amide bonds. The molecule has 0 saturated carbocycles. The topological polar surface area (TPSA) is 116 Å². The molecule has 2 atom stereocenters. The Kier molecular flexibility index (Phi) is 4.17. The summed E-state index contributed by atoms with van der Waals surface area (Å²) < 4.78 is 29.0. The monoisotopic (exact) mass is 315 g/mol. The van der Waals surface area contributed by atoms with E-state index in [2.05, 4.69) is 0 Å². The molecular formula is C12H17N3O5S. The number of benzene rings is 1. The van der Waals surface area contributed by atoms with Crippen molar-refractivity contribution in [3.63, 3.8) is 0 Å². The van der Waals surface area contributed by atoms with Gasteiger partial charge in [0.05, 0.1) is 22.8 Å². The van der Waals surface area contributed by atoms with Crippen LogP contribution >= 0.6 is 0 Å². The lowest BCUT2D eigenvalue weighted by atomic mass is 10.2. The molecule has 0 unspecified atom stereocenters. The van der Waals surface area contributed by atoms with Crippen molar-refractivity contribution in [2.75, 3.05) is 18.0 Å². The van der Waals surface area contributed by atoms with Crippen LogP contribution in [-0.4, -0.2) is 38.6 Å². The number of nitro benzene ring substituents is 1. The highest BCUT2D eigenvalue weighted by atomic mass is 32.2. The number of nitrogens with zero attached hydrogens (tertiary/aromatic N) is 2. The second kappa shape index (κ2) is 5.58. The fourth-order valence-electron chi connectivity index (χ4n) is 2.48. The van der Waals surface area contributed by atoms with Gasteiger partial charge in [0.25, 0.3) is 5.69 Å². The van der Waals surface area contributed by atoms with Crippen molar-refractivity contribution in [1.82, 2.24) is 0 Å². The lowest BCUT2D eigenvalue weighted by Gasteiger charge is -2.37. The van der Waals surface area contributed by atoms with Crippen molar-refractivity contribution in [1.29, 1.82) is 0 Å². The van der Waals surface area contributed by atoms with E-state index in [1.54, 1.807) is 4.90 Å². The molecule has 21 heavy (non-hydrogen) atoms. The summed E-state index contributed by atoms with van der Waals surface area (Å²) in [5.74, 6) is 0. The van der Waals surface area contributed by atoms with Gasteiger partial charge >= 0.3 is 0 Å². The maximum atomic E-state index is 11.7. The maximum Gasteiger partial charge on any atom is 0.271 e. The highest BCUT2D eigenvalue weighted by Crippen LogP contribution is 2.31. The summed E-state index contributed by atoms with van der Waals surface area (Å²) in [5.41, 5.74) is 0.0675. The van der Waals surface area contributed by atoms with E-state index < -0.39 is 14.9 Å². The number of hydrogen-bond acceptors (Lipinski definition) is 6. The van der Waals surface area contributed by atoms with Crippen LogP contribution in [0.1, 0.15) is 13.8 Å². The van der Waals surface area contributed by atoms with Gasteiger partial charge in [0.15, 0.2) is 0 Å². The second-order valence-corrected chi connectivity index (χ2v) is 6.65. The zero-order valence-corrected chi connectivity index (χ0v) is 12.5. The first-order valence-electron chi connectivity index (χ1n) is 6.40. The van der Waals surface area contributed by atoms with E-state index in [0.717, 1.165) is 6.07 Å². The third kappa shape index (κ3) is 3.49. The molecule has 1 saturated heterocycles. The second-order valence-electron chi connectivity index (χ2n) is 5.12. The zero-order valence-electron chi connectivity index (χ0n) is 11.7. The van der Waals surface area contributed by atoms with E-state index in [1.165, 1.54) is 12.1 Å². The summed E-state index contributed by atoms with van der Waals surface area (Å²) in [5, 5.41) is 16.1. The Hall–Kier alpha value is -1.71. The first kappa shape index (κ1) is 15.7. The number of hydrogen-bond donors (Lipinski definition) is 1. The molecule has 0 bridgehead atoms. The molecule has 116 valence electrons. The summed E-state index contributed by atoms with van der Waals surface area (Å²) in [7, 11) is -3.97. The number of rotatable bonds is 3. The molecule has 0 aromatic heterocycles. The molecule has 0 aliphatic carbocycles. The summed E-state index contributed by atoms with van der Waals surface area (Å²) in [6, 6.07) is 3.55. The number of primary sulfonamides is 1. The third-order valence-electron chi connectivity index (χ3n) is 3.22. The van der Waals surface area contributed by atoms with Crippen molar-refractivity contribution in [3.8, 4) is 0 Å². The number of ether oxygens (including phenoxy) is 1. The number of morpholine rings is 1. The molecule has 1 aromatic rings. The molecule has 1 aromatic carbocycles. The van der Waals surface area contributed by atoms with Crippen molar-refractivity contribution >= 4 is 21.4 Å². The molecule has 1 aliphatic heterocycles. The Morgan fingerprint density at radius 3 is 2.38 bits per heavy atom. The standard InChI is InChI=1S/C12H17N3O5S/c1-8-6-14(7-9(2)20-8)11-5-10(15(16)17)3-4-12(11)21(13,18)19/h3-5,8-9H,6-7H2,1-2H3,(H2,13,18,19)/t8-,9+. The van der Waals surface area contributed by atoms with Gasteiger partial charge in [-0.05, 0) is 19.9 Å². The summed E-state index contributed by atoms with van der Waals surface area (Å²) in [4.78, 5) is 12.0. The van der Waals surface area contributed by atoms with Crippen LogP contribution in [0.5, 0.6) is 0 Å². The quantitative estimate of drug-likeness (QED) is 0.653. The largest absolute Gasteiger partial charge is 0.372 e. The van der Waals surface area contributed by atoms with E-state index in [-0.39, 0.29) is 28.5 Å². The molecule has 1 fully saturated rings. The van der Waals surface area contributed by atoms with Gasteiger partial charge in [-0.15, -0.1) is 0 Å². The maximum absolute atomic E-state index is 11.7. The van der Waals surface area contributed by atoms with Crippen LogP contribution in [0.2, 0.25) is 0 Å². The molecule has 2 N–H and O–H groups in total. The van der Waals surface area contributed by atoms with Gasteiger partial charge in [-0.3, -0.25) is 10.1 Å². The lowest BCUT2D eigenvalue weighted by molar-refractivity contribution is -0.384. The summed E-state index contributed by atoms with van der Waals surface area (Å²) in [6.07, 6.45) is -0.220. The number of anilines is 1. The lowest BCUT2D eigenvalue weighted by Crippen LogP contribution is -2.46. The Morgan fingerprint density at radius 1 is 1.33 bits per heavy atom. The minimum atomic E-state index is -3.97. The van der Waals surface area contributed by atoms with E-state index in [9.17, 15) is 18.5 Å². The van der Waals surface area contributed by atoms with Crippen LogP contribution in [0, 0.1) is 10.1 Å². The highest BCUT2D eigenvalue weighted by Gasteiger charge is 2.28. The molecule has 9 heteroatoms. The smallest absolute Gasteiger partial charge is 0.271 e. The van der Waals surface area contributed by atoms with E-state index in [4.69, 9.17) is 9.88 Å². The normalized spacial score (nSPS) is 23.1. The zero-order chi connectivity index (χ0) is 15.8. The Bertz CT molecular complexity index is 651. The Labute approximate surface area is 122 Å². The minimum absolute atomic E-state index is 0.110. The van der Waals surface area contributed by atoms with Gasteiger partial charge < -0.3 is 9.64 Å². The average molecular weight is 315 g/mol. The summed E-state index contributed by atoms with van der Waals surface area (Å²) in [6.45, 7) is 4.59. The first-order valence-corrected chi connectivity index (χ1v) is 7.94. The fraction of sp³-hybridized carbons (Fsp3) is 0.500. The van der Waals surface area contributed by atoms with Crippen LogP contribution in [0.15, 0.2) is 23.1 Å². The SMILES string of the molecule is C[C@@H]1CN(c2cc([N+](=O)[O-])ccc2S(N)(=O)=O)C[C@H](C)O1. The molecule has 1 aliphatic rings. The van der Waals surface area contributed by atoms with Gasteiger partial charge in [-0.2, -0.15) is 0 Å². The number of nitrogens with two attached hydrogens (primary N) is 1. The molecule has 8 nitrogen and oxygen atoms in total. The molecule has 1 heterocycles. The van der Waals surface area contributed by atoms with Crippen molar-refractivity contribution < 1.29 is 18.1 Å². The summed E-state index contributed by atoms with van der Waals surface area (Å²) >= 11 is 0. The van der Waals surface area contributed by atoms with Gasteiger partial charge in [-0.1, -0.05) is 0 Å². The molecular weight excluding hydrogens is 298 g/mol. The number of sulfonamides is 1. The van der Waals surface area contributed by atoms with E-state index >= 15 is 0 Å². The molecule has 0 spiro atoms. The van der Waals surface area contributed by atoms with Gasteiger partial charge in [0.2, 0.25) is 10.0 Å². The fourth-order valence-corrected chi connectivity index (χ4v) is 3.22. The first-order chi connectivity index (χ1) is 9.68. The average Bonchev–Trinajstić information content (AvgIpc) is 2.35. The van der Waals surface area contributed by atoms with Crippen molar-refractivity contribution in [2.45, 2.75) is 31.0 Å². The Morgan fingerprint density at radius 2 is 1.90 bits per heavy atom. The van der Waals surface area contributed by atoms with Gasteiger partial charge in [0.1, 0.15) is 4.90 Å². The highest BCUT2D eigenvalue weighted by molar-refractivity contribution is 7.89. The molecule has 2 rings (SSSR count). The van der Waals surface area contributed by atoms with Gasteiger partial charge in [0, 0.05) is 25.2 Å². The predicted octanol–water partition coefficient (Wildman–Crippen LogP) is 0.856. The van der Waals surface area contributed by atoms with Crippen LogP contribution in [0.3, 0.4) is 0 Å². The van der Waals surface area contributed by atoms with Crippen LogP contribution < -0.4 is 10.0 Å². The van der Waals surface area contributed by atoms with E-state index in [0.29, 0.717) is 13.1 Å². The number of non-ortho nitro benzene ring substituents is 1. The Balaban J connectivity index is 2.53. The van der Waals surface area contributed by atoms with Crippen molar-refractivity contribution in [3.05, 3.63) is 28.3 Å². The van der Waals surface area contributed by atoms with Crippen LogP contribution in [-0.2, 0) is 14.8 Å². The van der Waals surface area contributed by atoms with Gasteiger partial charge in [-0.25, -0.2) is 13.6 Å². The molecule has 0 radical (unpaired) electrons. The van der Waals surface area contributed by atoms with Crippen molar-refractivity contribution in [2.24, 2.45) is 5.14 Å². The van der Waals surface area contributed by atoms with Crippen LogP contribution in [0.4, 0.5) is 11.4 Å². The van der Waals surface area contributed by atoms with E-state index in [1.807, 2.05) is 13.8 Å². The predicted molar refractivity (Wildman–Crippen MR) is 76.7 cm³/mol. The number of nitro groups is 1. The third-order valence-corrected chi connectivity index (χ3v) is 4.18. The minimum Gasteiger partial charge on any atom is -0.372 e. The van der Waals surface area contributed by atoms with Crippen LogP contribution in [0.25, 0.3) is 0 Å².